The van der Waals surface area contributed by atoms with Crippen LogP contribution < -0.4 is 11.1 Å². The van der Waals surface area contributed by atoms with Crippen LogP contribution >= 0.6 is 0 Å². The van der Waals surface area contributed by atoms with E-state index >= 15 is 0 Å². The maximum atomic E-state index is 12.6. The fourth-order valence-corrected chi connectivity index (χ4v) is 1.95. The van der Waals surface area contributed by atoms with Crippen LogP contribution in [-0.4, -0.2) is 28.7 Å². The van der Waals surface area contributed by atoms with Crippen LogP contribution in [0.4, 0.5) is 24.9 Å². The highest BCUT2D eigenvalue weighted by molar-refractivity contribution is 5.42. The van der Waals surface area contributed by atoms with E-state index < -0.39 is 17.8 Å². The molecular formula is C11H15F3N4O. The molecule has 0 aliphatic heterocycles. The summed E-state index contributed by atoms with van der Waals surface area (Å²) in [6.45, 7) is 2.54. The average molecular weight is 276 g/mol. The zero-order valence-electron chi connectivity index (χ0n) is 10.4. The highest BCUT2D eigenvalue weighted by Gasteiger charge is 2.34. The molecule has 19 heavy (non-hydrogen) atoms. The molecule has 0 bridgehead atoms. The summed E-state index contributed by atoms with van der Waals surface area (Å²) in [5.41, 5.74) is 4.24. The number of nitrogens with zero attached hydrogens (tertiary/aromatic N) is 2. The minimum absolute atomic E-state index is 0.0620. The summed E-state index contributed by atoms with van der Waals surface area (Å²) < 4.78 is 43.0. The summed E-state index contributed by atoms with van der Waals surface area (Å²) in [5.74, 6) is -0.294. The largest absolute Gasteiger partial charge is 0.433 e. The summed E-state index contributed by atoms with van der Waals surface area (Å²) in [6, 6.07) is 0.927. The fraction of sp³-hybridized carbons (Fsp3) is 0.636. The van der Waals surface area contributed by atoms with Crippen molar-refractivity contribution in [3.05, 3.63) is 11.8 Å². The van der Waals surface area contributed by atoms with Crippen LogP contribution in [0.1, 0.15) is 25.5 Å². The summed E-state index contributed by atoms with van der Waals surface area (Å²) in [4.78, 5) is 6.93. The SMILES string of the molecule is CCOC1CC(Nc2cc(C(F)(F)F)nc(N)n2)C1. The van der Waals surface area contributed by atoms with E-state index in [1.54, 1.807) is 0 Å². The molecule has 3 N–H and O–H groups in total. The number of hydrogen-bond acceptors (Lipinski definition) is 5. The number of hydrogen-bond donors (Lipinski definition) is 2. The van der Waals surface area contributed by atoms with Gasteiger partial charge in [-0.2, -0.15) is 18.2 Å². The maximum absolute atomic E-state index is 12.6. The second-order valence-corrected chi connectivity index (χ2v) is 4.38. The first-order valence-corrected chi connectivity index (χ1v) is 5.98. The van der Waals surface area contributed by atoms with Crippen molar-refractivity contribution in [3.63, 3.8) is 0 Å². The van der Waals surface area contributed by atoms with Crippen molar-refractivity contribution in [2.75, 3.05) is 17.7 Å². The lowest BCUT2D eigenvalue weighted by Gasteiger charge is -2.35. The Hall–Kier alpha value is -1.57. The van der Waals surface area contributed by atoms with Crippen LogP contribution in [0.15, 0.2) is 6.07 Å². The third-order valence-electron chi connectivity index (χ3n) is 2.88. The van der Waals surface area contributed by atoms with Crippen LogP contribution in [0.3, 0.4) is 0 Å². The number of alkyl halides is 3. The molecule has 5 nitrogen and oxygen atoms in total. The highest BCUT2D eigenvalue weighted by Crippen LogP contribution is 2.31. The van der Waals surface area contributed by atoms with Gasteiger partial charge in [0, 0.05) is 18.7 Å². The van der Waals surface area contributed by atoms with Gasteiger partial charge in [0.1, 0.15) is 5.82 Å². The first-order valence-electron chi connectivity index (χ1n) is 5.98. The molecule has 2 rings (SSSR count). The van der Waals surface area contributed by atoms with Gasteiger partial charge in [0.05, 0.1) is 6.10 Å². The molecule has 0 unspecified atom stereocenters. The summed E-state index contributed by atoms with van der Waals surface area (Å²) >= 11 is 0. The van der Waals surface area contributed by atoms with Crippen LogP contribution in [-0.2, 0) is 10.9 Å². The molecule has 1 aromatic heterocycles. The summed E-state index contributed by atoms with van der Waals surface area (Å²) in [5, 5.41) is 2.91. The van der Waals surface area contributed by atoms with Crippen molar-refractivity contribution in [1.29, 1.82) is 0 Å². The van der Waals surface area contributed by atoms with Gasteiger partial charge in [-0.15, -0.1) is 0 Å². The highest BCUT2D eigenvalue weighted by atomic mass is 19.4. The molecule has 0 radical (unpaired) electrons. The fourth-order valence-electron chi connectivity index (χ4n) is 1.95. The van der Waals surface area contributed by atoms with Crippen molar-refractivity contribution in [1.82, 2.24) is 9.97 Å². The molecular weight excluding hydrogens is 261 g/mol. The maximum Gasteiger partial charge on any atom is 0.433 e. The average Bonchev–Trinajstić information content (AvgIpc) is 2.24. The van der Waals surface area contributed by atoms with Crippen molar-refractivity contribution < 1.29 is 17.9 Å². The van der Waals surface area contributed by atoms with Gasteiger partial charge in [0.2, 0.25) is 5.95 Å². The monoisotopic (exact) mass is 276 g/mol. The van der Waals surface area contributed by atoms with Crippen molar-refractivity contribution in [2.45, 2.75) is 38.1 Å². The molecule has 1 aliphatic rings. The topological polar surface area (TPSA) is 73.1 Å². The van der Waals surface area contributed by atoms with Gasteiger partial charge in [0.25, 0.3) is 0 Å². The van der Waals surface area contributed by atoms with E-state index in [9.17, 15) is 13.2 Å². The van der Waals surface area contributed by atoms with E-state index in [1.165, 1.54) is 0 Å². The molecule has 0 saturated heterocycles. The van der Waals surface area contributed by atoms with Crippen molar-refractivity contribution in [2.24, 2.45) is 0 Å². The second kappa shape index (κ2) is 5.20. The second-order valence-electron chi connectivity index (χ2n) is 4.38. The Morgan fingerprint density at radius 2 is 2.11 bits per heavy atom. The molecule has 0 aromatic carbocycles. The Morgan fingerprint density at radius 3 is 2.68 bits per heavy atom. The molecule has 1 aromatic rings. The Bertz CT molecular complexity index is 446. The number of ether oxygens (including phenoxy) is 1. The molecule has 106 valence electrons. The quantitative estimate of drug-likeness (QED) is 0.880. The lowest BCUT2D eigenvalue weighted by atomic mass is 9.89. The number of nitrogens with one attached hydrogen (secondary N) is 1. The molecule has 0 atom stereocenters. The van der Waals surface area contributed by atoms with E-state index in [1.807, 2.05) is 6.92 Å². The zero-order chi connectivity index (χ0) is 14.0. The third kappa shape index (κ3) is 3.46. The lowest BCUT2D eigenvalue weighted by Crippen LogP contribution is -2.41. The minimum atomic E-state index is -4.53. The molecule has 0 amide bonds. The number of anilines is 2. The molecule has 1 fully saturated rings. The predicted molar refractivity (Wildman–Crippen MR) is 63.5 cm³/mol. The molecule has 8 heteroatoms. The van der Waals surface area contributed by atoms with Gasteiger partial charge < -0.3 is 15.8 Å². The van der Waals surface area contributed by atoms with E-state index in [2.05, 4.69) is 15.3 Å². The van der Waals surface area contributed by atoms with Crippen LogP contribution in [0.5, 0.6) is 0 Å². The van der Waals surface area contributed by atoms with Crippen molar-refractivity contribution in [3.8, 4) is 0 Å². The molecule has 1 aliphatic carbocycles. The number of rotatable bonds is 4. The van der Waals surface area contributed by atoms with Crippen molar-refractivity contribution >= 4 is 11.8 Å². The van der Waals surface area contributed by atoms with Crippen LogP contribution in [0.2, 0.25) is 0 Å². The smallest absolute Gasteiger partial charge is 0.378 e. The Labute approximate surface area is 108 Å². The van der Waals surface area contributed by atoms with E-state index in [0.717, 1.165) is 18.9 Å². The Kier molecular flexibility index (Phi) is 3.79. The third-order valence-corrected chi connectivity index (χ3v) is 2.88. The first kappa shape index (κ1) is 13.9. The summed E-state index contributed by atoms with van der Waals surface area (Å²) in [7, 11) is 0. The standard InChI is InChI=1S/C11H15F3N4O/c1-2-19-7-3-6(4-7)16-9-5-8(11(12,13)14)17-10(15)18-9/h5-7H,2-4H2,1H3,(H3,15,16,17,18). The molecule has 1 heterocycles. The Morgan fingerprint density at radius 1 is 1.42 bits per heavy atom. The van der Waals surface area contributed by atoms with Crippen LogP contribution in [0.25, 0.3) is 0 Å². The lowest BCUT2D eigenvalue weighted by molar-refractivity contribution is -0.141. The van der Waals surface area contributed by atoms with E-state index in [4.69, 9.17) is 10.5 Å². The van der Waals surface area contributed by atoms with Gasteiger partial charge >= 0.3 is 6.18 Å². The number of nitrogens with two attached hydrogens (primary N) is 1. The molecule has 1 saturated carbocycles. The zero-order valence-corrected chi connectivity index (χ0v) is 10.4. The van der Waals surface area contributed by atoms with Gasteiger partial charge in [-0.3, -0.25) is 0 Å². The van der Waals surface area contributed by atoms with Gasteiger partial charge in [-0.1, -0.05) is 0 Å². The van der Waals surface area contributed by atoms with Gasteiger partial charge in [-0.25, -0.2) is 4.98 Å². The normalized spacial score (nSPS) is 22.9. The van der Waals surface area contributed by atoms with Crippen LogP contribution in [0, 0.1) is 0 Å². The molecule has 0 spiro atoms. The number of nitrogen functional groups attached to an aromatic ring is 1. The number of aromatic nitrogens is 2. The van der Waals surface area contributed by atoms with Gasteiger partial charge in [-0.05, 0) is 19.8 Å². The minimum Gasteiger partial charge on any atom is -0.378 e. The first-order chi connectivity index (χ1) is 8.88. The van der Waals surface area contributed by atoms with E-state index in [-0.39, 0.29) is 18.0 Å². The predicted octanol–water partition coefficient (Wildman–Crippen LogP) is 2.06. The Balaban J connectivity index is 2.00. The van der Waals surface area contributed by atoms with E-state index in [0.29, 0.717) is 6.61 Å². The number of halogens is 3. The van der Waals surface area contributed by atoms with Gasteiger partial charge in [0.15, 0.2) is 5.69 Å². The summed E-state index contributed by atoms with van der Waals surface area (Å²) in [6.07, 6.45) is -2.86.